The van der Waals surface area contributed by atoms with E-state index in [1.165, 1.54) is 0 Å². The van der Waals surface area contributed by atoms with Crippen molar-refractivity contribution < 1.29 is 30.5 Å². The van der Waals surface area contributed by atoms with Gasteiger partial charge in [-0.25, -0.2) is 0 Å². The molecule has 1 aliphatic heterocycles. The summed E-state index contributed by atoms with van der Waals surface area (Å²) in [5.41, 5.74) is 0. The standard InChI is InChI=1S/C5H12N2O3S.H2O4S/c1-6-2-4-7(5-3-6)11(8,9)10;1-5(2,3)4/h2-5H2,1H3,(H,8,9,10);(H2,1,2,3,4). The molecule has 1 rings (SSSR count). The number of hydrogen-bond donors (Lipinski definition) is 3. The van der Waals surface area contributed by atoms with Gasteiger partial charge >= 0.3 is 20.7 Å². The molecule has 0 aromatic rings. The fourth-order valence-electron chi connectivity index (χ4n) is 1.02. The van der Waals surface area contributed by atoms with Crippen LogP contribution < -0.4 is 0 Å². The summed E-state index contributed by atoms with van der Waals surface area (Å²) in [5.74, 6) is 0. The van der Waals surface area contributed by atoms with Gasteiger partial charge in [-0.05, 0) is 7.05 Å². The Morgan fingerprint density at radius 2 is 1.19 bits per heavy atom. The molecular weight excluding hydrogens is 264 g/mol. The SMILES string of the molecule is CN1CCN(S(=O)(=O)O)CC1.O=S(=O)(O)O. The van der Waals surface area contributed by atoms with Gasteiger partial charge in [-0.3, -0.25) is 13.7 Å². The lowest BCUT2D eigenvalue weighted by atomic mass is 10.4. The molecule has 0 unspecified atom stereocenters. The van der Waals surface area contributed by atoms with Gasteiger partial charge in [0, 0.05) is 26.2 Å². The summed E-state index contributed by atoms with van der Waals surface area (Å²) in [6, 6.07) is 0. The topological polar surface area (TPSA) is 135 Å². The van der Waals surface area contributed by atoms with Crippen LogP contribution in [0.1, 0.15) is 0 Å². The first-order valence-electron chi connectivity index (χ1n) is 4.11. The Kier molecular flexibility index (Phi) is 5.75. The van der Waals surface area contributed by atoms with Gasteiger partial charge in [-0.15, -0.1) is 0 Å². The molecule has 0 amide bonds. The van der Waals surface area contributed by atoms with E-state index in [0.717, 1.165) is 4.31 Å². The van der Waals surface area contributed by atoms with Crippen LogP contribution in [0.5, 0.6) is 0 Å². The van der Waals surface area contributed by atoms with Crippen molar-refractivity contribution in [3.05, 3.63) is 0 Å². The van der Waals surface area contributed by atoms with Crippen LogP contribution in [0.25, 0.3) is 0 Å². The summed E-state index contributed by atoms with van der Waals surface area (Å²) in [4.78, 5) is 2.02. The first-order valence-corrected chi connectivity index (χ1v) is 6.90. The van der Waals surface area contributed by atoms with Gasteiger partial charge in [-0.2, -0.15) is 21.1 Å². The third-order valence-corrected chi connectivity index (χ3v) is 2.81. The minimum atomic E-state index is -4.67. The van der Waals surface area contributed by atoms with Crippen LogP contribution in [0.15, 0.2) is 0 Å². The molecule has 0 radical (unpaired) electrons. The van der Waals surface area contributed by atoms with Crippen molar-refractivity contribution in [3.63, 3.8) is 0 Å². The Bertz CT molecular complexity index is 386. The maximum absolute atomic E-state index is 10.6. The summed E-state index contributed by atoms with van der Waals surface area (Å²) in [6.45, 7) is 2.13. The number of likely N-dealkylation sites (N-methyl/N-ethyl adjacent to an activating group) is 1. The van der Waals surface area contributed by atoms with Gasteiger partial charge in [0.1, 0.15) is 0 Å². The quantitative estimate of drug-likeness (QED) is 0.487. The summed E-state index contributed by atoms with van der Waals surface area (Å²) >= 11 is 0. The van der Waals surface area contributed by atoms with Crippen molar-refractivity contribution in [1.29, 1.82) is 0 Å². The van der Waals surface area contributed by atoms with Gasteiger partial charge in [0.05, 0.1) is 0 Å². The van der Waals surface area contributed by atoms with Crippen molar-refractivity contribution in [1.82, 2.24) is 9.21 Å². The maximum atomic E-state index is 10.6. The number of piperazine rings is 1. The molecule has 0 aromatic heterocycles. The molecule has 0 saturated carbocycles. The van der Waals surface area contributed by atoms with E-state index in [9.17, 15) is 8.42 Å². The zero-order valence-corrected chi connectivity index (χ0v) is 10.1. The second kappa shape index (κ2) is 5.86. The molecule has 0 aromatic carbocycles. The van der Waals surface area contributed by atoms with Crippen LogP contribution in [0.2, 0.25) is 0 Å². The maximum Gasteiger partial charge on any atom is 0.394 e. The van der Waals surface area contributed by atoms with E-state index in [1.54, 1.807) is 0 Å². The molecular formula is C5H14N2O7S2. The normalized spacial score (nSPS) is 20.0. The second-order valence-electron chi connectivity index (χ2n) is 3.13. The lowest BCUT2D eigenvalue weighted by molar-refractivity contribution is 0.210. The van der Waals surface area contributed by atoms with E-state index < -0.39 is 20.7 Å². The Labute approximate surface area is 94.1 Å². The summed E-state index contributed by atoms with van der Waals surface area (Å²) < 4.78 is 62.4. The van der Waals surface area contributed by atoms with Gasteiger partial charge in [0.2, 0.25) is 0 Å². The van der Waals surface area contributed by atoms with E-state index in [4.69, 9.17) is 22.1 Å². The summed E-state index contributed by atoms with van der Waals surface area (Å²) in [6.07, 6.45) is 0. The van der Waals surface area contributed by atoms with Crippen LogP contribution in [0.4, 0.5) is 0 Å². The fraction of sp³-hybridized carbons (Fsp3) is 1.00. The zero-order chi connectivity index (χ0) is 13.0. The van der Waals surface area contributed by atoms with Gasteiger partial charge < -0.3 is 4.90 Å². The summed E-state index contributed by atoms with van der Waals surface area (Å²) in [7, 11) is -6.69. The van der Waals surface area contributed by atoms with Crippen LogP contribution in [-0.4, -0.2) is 72.9 Å². The van der Waals surface area contributed by atoms with Gasteiger partial charge in [-0.1, -0.05) is 0 Å². The summed E-state index contributed by atoms with van der Waals surface area (Å²) in [5, 5.41) is 0. The Morgan fingerprint density at radius 1 is 0.875 bits per heavy atom. The first-order chi connectivity index (χ1) is 7.00. The molecule has 16 heavy (non-hydrogen) atoms. The van der Waals surface area contributed by atoms with Crippen LogP contribution in [-0.2, 0) is 20.7 Å². The van der Waals surface area contributed by atoms with Crippen molar-refractivity contribution in [2.24, 2.45) is 0 Å². The highest BCUT2D eigenvalue weighted by atomic mass is 32.3. The van der Waals surface area contributed by atoms with E-state index >= 15 is 0 Å². The molecule has 0 bridgehead atoms. The highest BCUT2D eigenvalue weighted by Crippen LogP contribution is 2.02. The van der Waals surface area contributed by atoms with Crippen molar-refractivity contribution in [3.8, 4) is 0 Å². The van der Waals surface area contributed by atoms with Crippen LogP contribution >= 0.6 is 0 Å². The van der Waals surface area contributed by atoms with Gasteiger partial charge in [0.25, 0.3) is 0 Å². The molecule has 0 spiro atoms. The number of rotatable bonds is 1. The van der Waals surface area contributed by atoms with Crippen LogP contribution in [0.3, 0.4) is 0 Å². The van der Waals surface area contributed by atoms with E-state index in [2.05, 4.69) is 0 Å². The lowest BCUT2D eigenvalue weighted by Crippen LogP contribution is -2.46. The minimum absolute atomic E-state index is 0.384. The minimum Gasteiger partial charge on any atom is -0.304 e. The molecule has 1 aliphatic rings. The van der Waals surface area contributed by atoms with Crippen LogP contribution in [0, 0.1) is 0 Å². The van der Waals surface area contributed by atoms with E-state index in [1.807, 2.05) is 11.9 Å². The third kappa shape index (κ3) is 8.96. The molecule has 0 aliphatic carbocycles. The molecule has 1 saturated heterocycles. The Balaban J connectivity index is 0.000000385. The van der Waals surface area contributed by atoms with Crippen molar-refractivity contribution in [2.45, 2.75) is 0 Å². The highest BCUT2D eigenvalue weighted by Gasteiger charge is 2.22. The highest BCUT2D eigenvalue weighted by molar-refractivity contribution is 7.83. The monoisotopic (exact) mass is 278 g/mol. The molecule has 1 heterocycles. The molecule has 9 nitrogen and oxygen atoms in total. The van der Waals surface area contributed by atoms with E-state index in [-0.39, 0.29) is 0 Å². The molecule has 98 valence electrons. The van der Waals surface area contributed by atoms with E-state index in [0.29, 0.717) is 26.2 Å². The van der Waals surface area contributed by atoms with Crippen molar-refractivity contribution >= 4 is 20.7 Å². The lowest BCUT2D eigenvalue weighted by Gasteiger charge is -2.29. The molecule has 11 heteroatoms. The largest absolute Gasteiger partial charge is 0.394 e. The molecule has 1 fully saturated rings. The average Bonchev–Trinajstić information content (AvgIpc) is 1.99. The number of hydrogen-bond acceptors (Lipinski definition) is 5. The first kappa shape index (κ1) is 15.7. The average molecular weight is 278 g/mol. The molecule has 3 N–H and O–H groups in total. The molecule has 0 atom stereocenters. The predicted molar refractivity (Wildman–Crippen MR) is 54.8 cm³/mol. The second-order valence-corrected chi connectivity index (χ2v) is 5.44. The van der Waals surface area contributed by atoms with Gasteiger partial charge in [0.15, 0.2) is 0 Å². The smallest absolute Gasteiger partial charge is 0.304 e. The third-order valence-electron chi connectivity index (χ3n) is 1.79. The zero-order valence-electron chi connectivity index (χ0n) is 8.51. The fourth-order valence-corrected chi connectivity index (χ4v) is 1.64. The Morgan fingerprint density at radius 3 is 1.44 bits per heavy atom. The number of nitrogens with zero attached hydrogens (tertiary/aromatic N) is 2. The van der Waals surface area contributed by atoms with Crippen molar-refractivity contribution in [2.75, 3.05) is 33.2 Å². The Hall–Kier alpha value is -0.300. The predicted octanol–water partition coefficient (Wildman–Crippen LogP) is -1.62.